The van der Waals surface area contributed by atoms with Crippen molar-refractivity contribution >= 4 is 5.97 Å². The number of likely N-dealkylation sites (tertiary alicyclic amines) is 1. The summed E-state index contributed by atoms with van der Waals surface area (Å²) in [6.45, 7) is 4.66. The second-order valence-corrected chi connectivity index (χ2v) is 5.73. The average Bonchev–Trinajstić information content (AvgIpc) is 2.54. The third-order valence-electron chi connectivity index (χ3n) is 4.23. The van der Waals surface area contributed by atoms with E-state index in [0.29, 0.717) is 19.6 Å². The molecule has 0 aliphatic carbocycles. The molecule has 1 aromatic carbocycles. The molecule has 0 amide bonds. The first-order valence-electron chi connectivity index (χ1n) is 7.91. The van der Waals surface area contributed by atoms with Gasteiger partial charge in [0.05, 0.1) is 19.1 Å². The van der Waals surface area contributed by atoms with Crippen molar-refractivity contribution in [3.8, 4) is 0 Å². The molecule has 0 saturated carbocycles. The molecule has 1 atom stereocenters. The number of carbonyl (C=O) groups excluding carboxylic acids is 1. The van der Waals surface area contributed by atoms with Crippen LogP contribution in [0, 0.1) is 11.7 Å². The number of carbonyl (C=O) groups is 1. The fourth-order valence-electron chi connectivity index (χ4n) is 2.91. The Morgan fingerprint density at radius 1 is 1.36 bits per heavy atom. The van der Waals surface area contributed by atoms with E-state index in [1.165, 1.54) is 12.1 Å². The van der Waals surface area contributed by atoms with Crippen LogP contribution in [0.1, 0.15) is 37.9 Å². The maximum Gasteiger partial charge on any atom is 0.307 e. The van der Waals surface area contributed by atoms with Crippen LogP contribution in [0.25, 0.3) is 0 Å². The number of nitrogens with zero attached hydrogens (tertiary/aromatic N) is 1. The third-order valence-corrected chi connectivity index (χ3v) is 4.23. The first-order valence-corrected chi connectivity index (χ1v) is 7.91. The fourth-order valence-corrected chi connectivity index (χ4v) is 2.91. The van der Waals surface area contributed by atoms with E-state index in [4.69, 9.17) is 4.74 Å². The van der Waals surface area contributed by atoms with E-state index >= 15 is 0 Å². The molecule has 2 rings (SSSR count). The Morgan fingerprint density at radius 2 is 2.00 bits per heavy atom. The first kappa shape index (κ1) is 16.9. The molecule has 122 valence electrons. The minimum atomic E-state index is -0.548. The molecule has 1 aromatic rings. The van der Waals surface area contributed by atoms with Crippen molar-refractivity contribution in [2.45, 2.75) is 32.3 Å². The van der Waals surface area contributed by atoms with E-state index in [2.05, 4.69) is 4.90 Å². The minimum Gasteiger partial charge on any atom is -0.466 e. The van der Waals surface area contributed by atoms with Gasteiger partial charge < -0.3 is 14.7 Å². The maximum atomic E-state index is 12.9. The van der Waals surface area contributed by atoms with Gasteiger partial charge in [-0.2, -0.15) is 0 Å². The number of ether oxygens (including phenoxy) is 1. The molecule has 0 aromatic heterocycles. The van der Waals surface area contributed by atoms with Crippen LogP contribution in [0.2, 0.25) is 0 Å². The maximum absolute atomic E-state index is 12.9. The smallest absolute Gasteiger partial charge is 0.307 e. The van der Waals surface area contributed by atoms with Crippen LogP contribution in [-0.4, -0.2) is 42.2 Å². The predicted octanol–water partition coefficient (Wildman–Crippen LogP) is 2.52. The molecule has 1 unspecified atom stereocenters. The molecule has 1 N–H and O–H groups in total. The van der Waals surface area contributed by atoms with Gasteiger partial charge in [-0.05, 0) is 56.5 Å². The number of halogens is 1. The van der Waals surface area contributed by atoms with Crippen molar-refractivity contribution in [1.29, 1.82) is 0 Å². The largest absolute Gasteiger partial charge is 0.466 e. The number of hydrogen-bond acceptors (Lipinski definition) is 4. The molecule has 1 heterocycles. The first-order chi connectivity index (χ1) is 10.6. The molecule has 1 saturated heterocycles. The SMILES string of the molecule is CCOC(=O)CCN1CCC(C(O)c2ccc(F)cc2)CC1. The Labute approximate surface area is 130 Å². The fraction of sp³-hybridized carbons (Fsp3) is 0.588. The normalized spacial score (nSPS) is 18.1. The Morgan fingerprint density at radius 3 is 2.59 bits per heavy atom. The average molecular weight is 309 g/mol. The monoisotopic (exact) mass is 309 g/mol. The van der Waals surface area contributed by atoms with Crippen molar-refractivity contribution in [3.63, 3.8) is 0 Å². The summed E-state index contributed by atoms with van der Waals surface area (Å²) >= 11 is 0. The van der Waals surface area contributed by atoms with Crippen molar-refractivity contribution in [3.05, 3.63) is 35.6 Å². The number of esters is 1. The highest BCUT2D eigenvalue weighted by Gasteiger charge is 2.26. The van der Waals surface area contributed by atoms with Crippen LogP contribution < -0.4 is 0 Å². The van der Waals surface area contributed by atoms with Crippen LogP contribution in [0.3, 0.4) is 0 Å². The molecule has 4 nitrogen and oxygen atoms in total. The van der Waals surface area contributed by atoms with E-state index < -0.39 is 6.10 Å². The molecule has 1 fully saturated rings. The van der Waals surface area contributed by atoms with Gasteiger partial charge in [0.1, 0.15) is 5.82 Å². The lowest BCUT2D eigenvalue weighted by Gasteiger charge is -2.34. The highest BCUT2D eigenvalue weighted by molar-refractivity contribution is 5.69. The standard InChI is InChI=1S/C17H24FNO3/c1-2-22-16(20)9-12-19-10-7-14(8-11-19)17(21)13-3-5-15(18)6-4-13/h3-6,14,17,21H,2,7-12H2,1H3. The van der Waals surface area contributed by atoms with Crippen LogP contribution in [0.4, 0.5) is 4.39 Å². The summed E-state index contributed by atoms with van der Waals surface area (Å²) in [5, 5.41) is 10.4. The van der Waals surface area contributed by atoms with Crippen LogP contribution in [0.5, 0.6) is 0 Å². The zero-order valence-corrected chi connectivity index (χ0v) is 13.0. The number of piperidine rings is 1. The lowest BCUT2D eigenvalue weighted by atomic mass is 9.87. The summed E-state index contributed by atoms with van der Waals surface area (Å²) in [7, 11) is 0. The second-order valence-electron chi connectivity index (χ2n) is 5.73. The predicted molar refractivity (Wildman–Crippen MR) is 81.8 cm³/mol. The zero-order chi connectivity index (χ0) is 15.9. The van der Waals surface area contributed by atoms with Gasteiger partial charge in [-0.1, -0.05) is 12.1 Å². The highest BCUT2D eigenvalue weighted by Crippen LogP contribution is 2.30. The number of benzene rings is 1. The highest BCUT2D eigenvalue weighted by atomic mass is 19.1. The molecular formula is C17H24FNO3. The van der Waals surface area contributed by atoms with Crippen molar-refractivity contribution in [2.24, 2.45) is 5.92 Å². The summed E-state index contributed by atoms with van der Waals surface area (Å²) < 4.78 is 17.8. The Bertz CT molecular complexity index is 469. The Hall–Kier alpha value is -1.46. The van der Waals surface area contributed by atoms with Gasteiger partial charge in [0.25, 0.3) is 0 Å². The lowest BCUT2D eigenvalue weighted by Crippen LogP contribution is -2.37. The van der Waals surface area contributed by atoms with E-state index in [1.54, 1.807) is 19.1 Å². The van der Waals surface area contributed by atoms with Gasteiger partial charge in [-0.3, -0.25) is 4.79 Å². The van der Waals surface area contributed by atoms with Gasteiger partial charge in [-0.15, -0.1) is 0 Å². The van der Waals surface area contributed by atoms with Crippen LogP contribution in [0.15, 0.2) is 24.3 Å². The van der Waals surface area contributed by atoms with Crippen LogP contribution in [-0.2, 0) is 9.53 Å². The topological polar surface area (TPSA) is 49.8 Å². The molecule has 0 spiro atoms. The summed E-state index contributed by atoms with van der Waals surface area (Å²) in [4.78, 5) is 13.6. The molecule has 1 aliphatic rings. The number of hydrogen-bond donors (Lipinski definition) is 1. The van der Waals surface area contributed by atoms with E-state index in [0.717, 1.165) is 31.5 Å². The Kier molecular flexibility index (Phi) is 6.34. The number of aliphatic hydroxyl groups excluding tert-OH is 1. The van der Waals surface area contributed by atoms with Gasteiger partial charge in [0.2, 0.25) is 0 Å². The van der Waals surface area contributed by atoms with E-state index in [9.17, 15) is 14.3 Å². The molecule has 22 heavy (non-hydrogen) atoms. The third kappa shape index (κ3) is 4.78. The zero-order valence-electron chi connectivity index (χ0n) is 13.0. The van der Waals surface area contributed by atoms with Gasteiger partial charge in [0.15, 0.2) is 0 Å². The van der Waals surface area contributed by atoms with Crippen LogP contribution >= 0.6 is 0 Å². The van der Waals surface area contributed by atoms with Crippen molar-refractivity contribution in [1.82, 2.24) is 4.90 Å². The summed E-state index contributed by atoms with van der Waals surface area (Å²) in [5.41, 5.74) is 0.770. The molecular weight excluding hydrogens is 285 g/mol. The van der Waals surface area contributed by atoms with Gasteiger partial charge >= 0.3 is 5.97 Å². The lowest BCUT2D eigenvalue weighted by molar-refractivity contribution is -0.143. The van der Waals surface area contributed by atoms with Crippen molar-refractivity contribution < 1.29 is 19.0 Å². The second kappa shape index (κ2) is 8.25. The molecule has 5 heteroatoms. The van der Waals surface area contributed by atoms with Gasteiger partial charge in [0, 0.05) is 6.54 Å². The van der Waals surface area contributed by atoms with Gasteiger partial charge in [-0.25, -0.2) is 4.39 Å². The van der Waals surface area contributed by atoms with E-state index in [-0.39, 0.29) is 17.7 Å². The summed E-state index contributed by atoms with van der Waals surface area (Å²) in [6, 6.07) is 6.06. The number of aliphatic hydroxyl groups is 1. The van der Waals surface area contributed by atoms with Crippen molar-refractivity contribution in [2.75, 3.05) is 26.2 Å². The molecule has 0 bridgehead atoms. The summed E-state index contributed by atoms with van der Waals surface area (Å²) in [6.07, 6.45) is 1.62. The molecule has 1 aliphatic heterocycles. The minimum absolute atomic E-state index is 0.157. The molecule has 0 radical (unpaired) electrons. The summed E-state index contributed by atoms with van der Waals surface area (Å²) in [5.74, 6) is -0.259. The number of rotatable bonds is 6. The quantitative estimate of drug-likeness (QED) is 0.820. The van der Waals surface area contributed by atoms with E-state index in [1.807, 2.05) is 0 Å². The Balaban J connectivity index is 1.76.